The minimum Gasteiger partial charge on any atom is -0.309 e. The molecule has 3 aromatic heterocycles. The predicted molar refractivity (Wildman–Crippen MR) is 124 cm³/mol. The summed E-state index contributed by atoms with van der Waals surface area (Å²) in [6, 6.07) is 8.99. The fourth-order valence-corrected chi connectivity index (χ4v) is 7.03. The number of aromatic nitrogens is 2. The van der Waals surface area contributed by atoms with E-state index in [0.717, 1.165) is 16.5 Å². The second-order valence-corrected chi connectivity index (χ2v) is 11.2. The maximum absolute atomic E-state index is 13.5. The van der Waals surface area contributed by atoms with Crippen LogP contribution in [0.2, 0.25) is 0 Å². The highest BCUT2D eigenvalue weighted by Crippen LogP contribution is 2.33. The number of hydrogen-bond acceptors (Lipinski definition) is 7. The normalized spacial score (nSPS) is 16.0. The first-order valence-electron chi connectivity index (χ1n) is 9.94. The molecule has 32 heavy (non-hydrogen) atoms. The Kier molecular flexibility index (Phi) is 5.68. The Hall–Kier alpha value is -2.44. The van der Waals surface area contributed by atoms with E-state index in [2.05, 4.69) is 14.9 Å². The molecule has 0 amide bonds. The van der Waals surface area contributed by atoms with E-state index in [4.69, 9.17) is 0 Å². The molecule has 0 spiro atoms. The van der Waals surface area contributed by atoms with Crippen LogP contribution in [0.25, 0.3) is 20.7 Å². The van der Waals surface area contributed by atoms with Gasteiger partial charge in [-0.3, -0.25) is 9.69 Å². The molecule has 1 fully saturated rings. The van der Waals surface area contributed by atoms with Crippen LogP contribution in [-0.4, -0.2) is 53.8 Å². The molecular weight excluding hydrogens is 471 g/mol. The van der Waals surface area contributed by atoms with Crippen LogP contribution in [0, 0.1) is 5.82 Å². The molecule has 1 saturated heterocycles. The third-order valence-electron chi connectivity index (χ3n) is 5.42. The lowest BCUT2D eigenvalue weighted by atomic mass is 10.2. The summed E-state index contributed by atoms with van der Waals surface area (Å²) in [5.41, 5.74) is 0.735. The summed E-state index contributed by atoms with van der Waals surface area (Å²) in [4.78, 5) is 24.0. The monoisotopic (exact) mass is 490 g/mol. The van der Waals surface area contributed by atoms with Gasteiger partial charge in [-0.05, 0) is 29.6 Å². The van der Waals surface area contributed by atoms with Gasteiger partial charge in [0, 0.05) is 42.0 Å². The molecule has 1 aromatic carbocycles. The Balaban J connectivity index is 1.30. The summed E-state index contributed by atoms with van der Waals surface area (Å²) in [6.45, 7) is 1.97. The summed E-state index contributed by atoms with van der Waals surface area (Å²) in [5, 5.41) is 4.54. The molecule has 166 valence electrons. The number of halogens is 1. The predicted octanol–water partition coefficient (Wildman–Crippen LogP) is 3.36. The summed E-state index contributed by atoms with van der Waals surface area (Å²) in [6.07, 6.45) is 0. The Morgan fingerprint density at radius 2 is 1.91 bits per heavy atom. The van der Waals surface area contributed by atoms with E-state index in [-0.39, 0.29) is 23.5 Å². The van der Waals surface area contributed by atoms with Crippen molar-refractivity contribution in [3.8, 4) is 10.4 Å². The SMILES string of the molecule is O=c1[nH]c(CN2CCN(S(=O)(=O)c3cccc(F)c3)CC2)nc2scc(-c3cccs3)c12. The zero-order valence-electron chi connectivity index (χ0n) is 16.8. The zero-order chi connectivity index (χ0) is 22.3. The van der Waals surface area contributed by atoms with Crippen LogP contribution >= 0.6 is 22.7 Å². The van der Waals surface area contributed by atoms with Gasteiger partial charge >= 0.3 is 0 Å². The third kappa shape index (κ3) is 4.02. The molecule has 1 aliphatic heterocycles. The van der Waals surface area contributed by atoms with Gasteiger partial charge in [0.25, 0.3) is 5.56 Å². The molecule has 0 aliphatic carbocycles. The number of nitrogens with zero attached hydrogens (tertiary/aromatic N) is 3. The van der Waals surface area contributed by atoms with Crippen LogP contribution in [0.1, 0.15) is 5.82 Å². The molecule has 0 saturated carbocycles. The zero-order valence-corrected chi connectivity index (χ0v) is 19.3. The summed E-state index contributed by atoms with van der Waals surface area (Å²) < 4.78 is 40.4. The molecule has 5 rings (SSSR count). The van der Waals surface area contributed by atoms with Crippen molar-refractivity contribution in [2.24, 2.45) is 0 Å². The molecule has 0 radical (unpaired) electrons. The van der Waals surface area contributed by atoms with Crippen molar-refractivity contribution >= 4 is 42.9 Å². The molecule has 0 atom stereocenters. The minimum atomic E-state index is -3.74. The topological polar surface area (TPSA) is 86.4 Å². The van der Waals surface area contributed by atoms with Crippen molar-refractivity contribution in [3.05, 3.63) is 69.2 Å². The van der Waals surface area contributed by atoms with Crippen molar-refractivity contribution < 1.29 is 12.8 Å². The molecule has 0 unspecified atom stereocenters. The molecule has 4 aromatic rings. The van der Waals surface area contributed by atoms with Gasteiger partial charge in [0.05, 0.1) is 16.8 Å². The molecule has 7 nitrogen and oxygen atoms in total. The second-order valence-electron chi connectivity index (χ2n) is 7.46. The summed E-state index contributed by atoms with van der Waals surface area (Å²) in [5.74, 6) is -0.0190. The summed E-state index contributed by atoms with van der Waals surface area (Å²) >= 11 is 3.03. The smallest absolute Gasteiger partial charge is 0.260 e. The number of thiophene rings is 2. The van der Waals surface area contributed by atoms with Gasteiger partial charge in [0.2, 0.25) is 10.0 Å². The Morgan fingerprint density at radius 1 is 1.09 bits per heavy atom. The number of aromatic amines is 1. The lowest BCUT2D eigenvalue weighted by Crippen LogP contribution is -2.48. The molecular formula is C21H19FN4O3S3. The van der Waals surface area contributed by atoms with Gasteiger partial charge in [-0.2, -0.15) is 4.31 Å². The van der Waals surface area contributed by atoms with E-state index in [1.165, 1.54) is 33.8 Å². The second kappa shape index (κ2) is 8.49. The van der Waals surface area contributed by atoms with E-state index in [0.29, 0.717) is 35.7 Å². The van der Waals surface area contributed by atoms with Crippen molar-refractivity contribution in [1.82, 2.24) is 19.2 Å². The van der Waals surface area contributed by atoms with Crippen LogP contribution in [0.15, 0.2) is 56.8 Å². The quantitative estimate of drug-likeness (QED) is 0.464. The van der Waals surface area contributed by atoms with Gasteiger partial charge < -0.3 is 4.98 Å². The number of fused-ring (bicyclic) bond motifs is 1. The molecule has 0 bridgehead atoms. The standard InChI is InChI=1S/C21H19FN4O3S3/c22-14-3-1-4-15(11-14)32(28,29)26-8-6-25(7-9-26)12-18-23-20(27)19-16(13-31-21(19)24-18)17-5-2-10-30-17/h1-5,10-11,13H,6-9,12H2,(H,23,24,27). The highest BCUT2D eigenvalue weighted by molar-refractivity contribution is 7.89. The minimum absolute atomic E-state index is 0.0401. The first-order valence-corrected chi connectivity index (χ1v) is 13.1. The van der Waals surface area contributed by atoms with Gasteiger partial charge in [0.1, 0.15) is 16.5 Å². The van der Waals surface area contributed by atoms with Crippen LogP contribution < -0.4 is 5.56 Å². The number of sulfonamides is 1. The van der Waals surface area contributed by atoms with Gasteiger partial charge in [-0.25, -0.2) is 17.8 Å². The van der Waals surface area contributed by atoms with Crippen LogP contribution in [0.5, 0.6) is 0 Å². The Bertz CT molecular complexity index is 1420. The van der Waals surface area contributed by atoms with E-state index < -0.39 is 15.8 Å². The largest absolute Gasteiger partial charge is 0.309 e. The number of nitrogens with one attached hydrogen (secondary N) is 1. The molecule has 4 heterocycles. The van der Waals surface area contributed by atoms with E-state index >= 15 is 0 Å². The highest BCUT2D eigenvalue weighted by Gasteiger charge is 2.29. The lowest BCUT2D eigenvalue weighted by molar-refractivity contribution is 0.178. The molecule has 1 aliphatic rings. The van der Waals surface area contributed by atoms with Gasteiger partial charge in [-0.15, -0.1) is 22.7 Å². The van der Waals surface area contributed by atoms with E-state index in [1.54, 1.807) is 11.3 Å². The van der Waals surface area contributed by atoms with Crippen LogP contribution in [0.4, 0.5) is 4.39 Å². The number of piperazine rings is 1. The first kappa shape index (κ1) is 21.4. The Labute approximate surface area is 191 Å². The highest BCUT2D eigenvalue weighted by atomic mass is 32.2. The number of hydrogen-bond donors (Lipinski definition) is 1. The van der Waals surface area contributed by atoms with E-state index in [1.807, 2.05) is 22.9 Å². The maximum Gasteiger partial charge on any atom is 0.260 e. The van der Waals surface area contributed by atoms with E-state index in [9.17, 15) is 17.6 Å². The lowest BCUT2D eigenvalue weighted by Gasteiger charge is -2.33. The van der Waals surface area contributed by atoms with Gasteiger partial charge in [-0.1, -0.05) is 12.1 Å². The number of rotatable bonds is 5. The third-order valence-corrected chi connectivity index (χ3v) is 9.09. The van der Waals surface area contributed by atoms with Crippen molar-refractivity contribution in [2.75, 3.05) is 26.2 Å². The Morgan fingerprint density at radius 3 is 2.62 bits per heavy atom. The average molecular weight is 491 g/mol. The number of benzene rings is 1. The summed E-state index contributed by atoms with van der Waals surface area (Å²) in [7, 11) is -3.74. The van der Waals surface area contributed by atoms with Crippen molar-refractivity contribution in [1.29, 1.82) is 0 Å². The average Bonchev–Trinajstić information content (AvgIpc) is 3.44. The maximum atomic E-state index is 13.5. The van der Waals surface area contributed by atoms with Crippen LogP contribution in [-0.2, 0) is 16.6 Å². The van der Waals surface area contributed by atoms with Crippen molar-refractivity contribution in [2.45, 2.75) is 11.4 Å². The van der Waals surface area contributed by atoms with Gasteiger partial charge in [0.15, 0.2) is 0 Å². The van der Waals surface area contributed by atoms with Crippen LogP contribution in [0.3, 0.4) is 0 Å². The number of H-pyrrole nitrogens is 1. The molecule has 11 heteroatoms. The first-order chi connectivity index (χ1) is 15.4. The fraction of sp³-hybridized carbons (Fsp3) is 0.238. The fourth-order valence-electron chi connectivity index (χ4n) is 3.80. The van der Waals surface area contributed by atoms with Crippen molar-refractivity contribution in [3.63, 3.8) is 0 Å². The molecule has 1 N–H and O–H groups in total.